The molecule has 3 aromatic carbocycles. The smallest absolute Gasteiger partial charge is 0.115 e. The number of hydrogen-bond donors (Lipinski definition) is 0. The van der Waals surface area contributed by atoms with Crippen LogP contribution in [0.4, 0.5) is 0 Å². The van der Waals surface area contributed by atoms with Crippen molar-refractivity contribution in [2.24, 2.45) is 0 Å². The molecule has 0 aliphatic heterocycles. The van der Waals surface area contributed by atoms with Crippen LogP contribution in [0.15, 0.2) is 115 Å². The molecule has 0 atom stereocenters. The molecule has 0 spiro atoms. The second-order valence-electron chi connectivity index (χ2n) is 7.73. The molecule has 3 aromatic rings. The number of hydrogen-bond acceptors (Lipinski definition) is 2. The van der Waals surface area contributed by atoms with Crippen molar-refractivity contribution in [2.75, 3.05) is 0 Å². The summed E-state index contributed by atoms with van der Waals surface area (Å²) in [6.45, 7) is 7.32. The van der Waals surface area contributed by atoms with E-state index < -0.39 is 0 Å². The molecule has 0 fully saturated rings. The van der Waals surface area contributed by atoms with E-state index in [0.717, 1.165) is 40.2 Å². The lowest BCUT2D eigenvalue weighted by Gasteiger charge is -2.13. The van der Waals surface area contributed by atoms with Crippen LogP contribution in [0.25, 0.3) is 5.57 Å². The van der Waals surface area contributed by atoms with Crippen LogP contribution in [0, 0.1) is 6.92 Å². The van der Waals surface area contributed by atoms with E-state index in [1.807, 2.05) is 49.4 Å². The van der Waals surface area contributed by atoms with Crippen LogP contribution in [0.2, 0.25) is 0 Å². The van der Waals surface area contributed by atoms with E-state index in [-0.39, 0.29) is 0 Å². The van der Waals surface area contributed by atoms with E-state index >= 15 is 0 Å². The van der Waals surface area contributed by atoms with Crippen LogP contribution in [-0.2, 0) is 22.7 Å². The third-order valence-corrected chi connectivity index (χ3v) is 5.11. The lowest BCUT2D eigenvalue weighted by Crippen LogP contribution is -1.96. The summed E-state index contributed by atoms with van der Waals surface area (Å²) in [7, 11) is 0. The van der Waals surface area contributed by atoms with Crippen LogP contribution >= 0.6 is 0 Å². The van der Waals surface area contributed by atoms with Gasteiger partial charge in [-0.2, -0.15) is 0 Å². The lowest BCUT2D eigenvalue weighted by molar-refractivity contribution is 0.202. The van der Waals surface area contributed by atoms with E-state index in [1.54, 1.807) is 0 Å². The Labute approximate surface area is 192 Å². The summed E-state index contributed by atoms with van der Waals surface area (Å²) in [5.41, 5.74) is 5.71. The van der Waals surface area contributed by atoms with Crippen molar-refractivity contribution in [3.05, 3.63) is 137 Å². The highest BCUT2D eigenvalue weighted by atomic mass is 16.5. The molecule has 0 heterocycles. The normalized spacial score (nSPS) is 12.5. The predicted molar refractivity (Wildman–Crippen MR) is 134 cm³/mol. The van der Waals surface area contributed by atoms with Gasteiger partial charge in [0.15, 0.2) is 0 Å². The van der Waals surface area contributed by atoms with Crippen LogP contribution in [-0.4, -0.2) is 0 Å². The maximum absolute atomic E-state index is 6.16. The summed E-state index contributed by atoms with van der Waals surface area (Å²) in [6.07, 6.45) is 7.14. The van der Waals surface area contributed by atoms with Crippen molar-refractivity contribution in [1.82, 2.24) is 0 Å². The Balaban J connectivity index is 1.81. The van der Waals surface area contributed by atoms with Gasteiger partial charge >= 0.3 is 0 Å². The predicted octanol–water partition coefficient (Wildman–Crippen LogP) is 8.01. The molecule has 0 bridgehead atoms. The van der Waals surface area contributed by atoms with Gasteiger partial charge in [-0.15, -0.1) is 0 Å². The van der Waals surface area contributed by atoms with Gasteiger partial charge in [0.25, 0.3) is 0 Å². The first kappa shape index (κ1) is 23.1. The first-order valence-electron chi connectivity index (χ1n) is 11.2. The minimum absolute atomic E-state index is 0.540. The first-order chi connectivity index (χ1) is 15.7. The maximum Gasteiger partial charge on any atom is 0.115 e. The molecule has 0 unspecified atom stereocenters. The van der Waals surface area contributed by atoms with Crippen LogP contribution in [0.3, 0.4) is 0 Å². The molecular weight excluding hydrogens is 392 g/mol. The topological polar surface area (TPSA) is 18.5 Å². The van der Waals surface area contributed by atoms with Crippen molar-refractivity contribution < 1.29 is 9.47 Å². The molecular formula is C30H32O2. The number of allylic oxidation sites excluding steroid dienone is 5. The second kappa shape index (κ2) is 12.4. The van der Waals surface area contributed by atoms with Crippen molar-refractivity contribution >= 4 is 5.57 Å². The second-order valence-corrected chi connectivity index (χ2v) is 7.73. The number of ether oxygens (including phenoxy) is 2. The molecule has 0 amide bonds. The van der Waals surface area contributed by atoms with Crippen LogP contribution in [0.5, 0.6) is 0 Å². The minimum Gasteiger partial charge on any atom is -0.493 e. The SMILES string of the molecule is CC/C=C(/C=C\C(=C(/C)OCc1ccccc1)c1ccc(C)cc1)OCc1ccccc1. The van der Waals surface area contributed by atoms with Crippen molar-refractivity contribution in [3.63, 3.8) is 0 Å². The summed E-state index contributed by atoms with van der Waals surface area (Å²) in [5.74, 6) is 1.74. The Morgan fingerprint density at radius 3 is 1.84 bits per heavy atom. The summed E-state index contributed by atoms with van der Waals surface area (Å²) in [6, 6.07) is 29.0. The number of benzene rings is 3. The van der Waals surface area contributed by atoms with Gasteiger partial charge < -0.3 is 9.47 Å². The average Bonchev–Trinajstić information content (AvgIpc) is 2.83. The van der Waals surface area contributed by atoms with Crippen molar-refractivity contribution in [2.45, 2.75) is 40.4 Å². The Morgan fingerprint density at radius 2 is 1.28 bits per heavy atom. The molecule has 32 heavy (non-hydrogen) atoms. The zero-order valence-electron chi connectivity index (χ0n) is 19.3. The average molecular weight is 425 g/mol. The van der Waals surface area contributed by atoms with Gasteiger partial charge in [-0.05, 0) is 55.2 Å². The Hall–Kier alpha value is -3.52. The zero-order valence-corrected chi connectivity index (χ0v) is 19.3. The van der Waals surface area contributed by atoms with E-state index in [0.29, 0.717) is 13.2 Å². The lowest BCUT2D eigenvalue weighted by atomic mass is 10.0. The number of aryl methyl sites for hydroxylation is 1. The number of rotatable bonds is 10. The Morgan fingerprint density at radius 1 is 0.719 bits per heavy atom. The summed E-state index contributed by atoms with van der Waals surface area (Å²) in [5, 5.41) is 0. The third kappa shape index (κ3) is 7.31. The van der Waals surface area contributed by atoms with Gasteiger partial charge in [-0.1, -0.05) is 97.4 Å². The molecule has 164 valence electrons. The highest BCUT2D eigenvalue weighted by Crippen LogP contribution is 2.24. The molecule has 0 N–H and O–H groups in total. The van der Waals surface area contributed by atoms with E-state index in [9.17, 15) is 0 Å². The fourth-order valence-electron chi connectivity index (χ4n) is 3.28. The summed E-state index contributed by atoms with van der Waals surface area (Å²) in [4.78, 5) is 0. The monoisotopic (exact) mass is 424 g/mol. The van der Waals surface area contributed by atoms with Gasteiger partial charge in [0.1, 0.15) is 24.7 Å². The highest BCUT2D eigenvalue weighted by molar-refractivity contribution is 5.76. The molecule has 2 heteroatoms. The van der Waals surface area contributed by atoms with Crippen molar-refractivity contribution in [1.29, 1.82) is 0 Å². The maximum atomic E-state index is 6.16. The Bertz CT molecular complexity index is 1040. The standard InChI is InChI=1S/C30H32O2/c1-4-11-29(32-23-27-14-9-6-10-15-27)20-21-30(28-18-16-24(2)17-19-28)25(3)31-22-26-12-7-5-8-13-26/h5-21H,4,22-23H2,1-3H3/b21-20-,29-11-,30-25-. The van der Waals surface area contributed by atoms with Gasteiger partial charge in [0, 0.05) is 5.57 Å². The van der Waals surface area contributed by atoms with Gasteiger partial charge in [-0.3, -0.25) is 0 Å². The van der Waals surface area contributed by atoms with Gasteiger partial charge in [0.05, 0.1) is 0 Å². The fraction of sp³-hybridized carbons (Fsp3) is 0.200. The Kier molecular flexibility index (Phi) is 8.94. The summed E-state index contributed by atoms with van der Waals surface area (Å²) >= 11 is 0. The van der Waals surface area contributed by atoms with E-state index in [4.69, 9.17) is 9.47 Å². The largest absolute Gasteiger partial charge is 0.493 e. The van der Waals surface area contributed by atoms with Gasteiger partial charge in [0.2, 0.25) is 0 Å². The van der Waals surface area contributed by atoms with Crippen LogP contribution < -0.4 is 0 Å². The van der Waals surface area contributed by atoms with Gasteiger partial charge in [-0.25, -0.2) is 0 Å². The first-order valence-corrected chi connectivity index (χ1v) is 11.2. The zero-order chi connectivity index (χ0) is 22.6. The van der Waals surface area contributed by atoms with E-state index in [1.165, 1.54) is 5.56 Å². The molecule has 0 saturated carbocycles. The minimum atomic E-state index is 0.540. The highest BCUT2D eigenvalue weighted by Gasteiger charge is 2.06. The molecule has 0 radical (unpaired) electrons. The molecule has 2 nitrogen and oxygen atoms in total. The quantitative estimate of drug-likeness (QED) is 0.242. The molecule has 0 aromatic heterocycles. The molecule has 3 rings (SSSR count). The summed E-state index contributed by atoms with van der Waals surface area (Å²) < 4.78 is 12.3. The fourth-order valence-corrected chi connectivity index (χ4v) is 3.28. The third-order valence-electron chi connectivity index (χ3n) is 5.11. The molecule has 0 aliphatic rings. The molecule has 0 aliphatic carbocycles. The molecule has 0 saturated heterocycles. The van der Waals surface area contributed by atoms with Crippen LogP contribution in [0.1, 0.15) is 42.5 Å². The van der Waals surface area contributed by atoms with E-state index in [2.05, 4.69) is 74.5 Å². The van der Waals surface area contributed by atoms with Crippen molar-refractivity contribution in [3.8, 4) is 0 Å².